The minimum absolute atomic E-state index is 0.261. The minimum Gasteiger partial charge on any atom is -0.496 e. The smallest absolute Gasteiger partial charge is 0.335 e. The molecule has 2 atom stereocenters. The zero-order valence-corrected chi connectivity index (χ0v) is 9.04. The number of hydrogen-bond acceptors (Lipinski definition) is 4. The summed E-state index contributed by atoms with van der Waals surface area (Å²) >= 11 is 0. The van der Waals surface area contributed by atoms with Crippen LogP contribution in [0.4, 0.5) is 0 Å². The van der Waals surface area contributed by atoms with Gasteiger partial charge in [-0.15, -0.1) is 0 Å². The Bertz CT molecular complexity index is 388. The van der Waals surface area contributed by atoms with Crippen LogP contribution in [0.5, 0.6) is 5.75 Å². The molecule has 0 saturated heterocycles. The Morgan fingerprint density at radius 1 is 1.38 bits per heavy atom. The number of carbonyl (C=O) groups is 1. The average Bonchev–Trinajstić information content (AvgIpc) is 2.26. The molecule has 0 aliphatic rings. The van der Waals surface area contributed by atoms with E-state index >= 15 is 0 Å². The van der Waals surface area contributed by atoms with Gasteiger partial charge < -0.3 is 20.1 Å². The molecule has 0 amide bonds. The van der Waals surface area contributed by atoms with Crippen molar-refractivity contribution >= 4 is 5.97 Å². The molecule has 5 heteroatoms. The van der Waals surface area contributed by atoms with Crippen molar-refractivity contribution in [1.29, 1.82) is 0 Å². The molecule has 16 heavy (non-hydrogen) atoms. The number of rotatable bonds is 4. The molecule has 5 nitrogen and oxygen atoms in total. The number of aliphatic carboxylic acids is 1. The summed E-state index contributed by atoms with van der Waals surface area (Å²) in [4.78, 5) is 10.5. The minimum atomic E-state index is -1.87. The van der Waals surface area contributed by atoms with Gasteiger partial charge in [-0.05, 0) is 19.1 Å². The first-order chi connectivity index (χ1) is 7.47. The number of aliphatic hydroxyl groups is 2. The molecule has 0 aromatic heterocycles. The van der Waals surface area contributed by atoms with Gasteiger partial charge >= 0.3 is 5.97 Å². The van der Waals surface area contributed by atoms with Crippen molar-refractivity contribution < 1.29 is 24.9 Å². The lowest BCUT2D eigenvalue weighted by atomic mass is 10.0. The first-order valence-corrected chi connectivity index (χ1v) is 4.71. The summed E-state index contributed by atoms with van der Waals surface area (Å²) in [5.74, 6) is -1.13. The lowest BCUT2D eigenvalue weighted by Crippen LogP contribution is -2.27. The van der Waals surface area contributed by atoms with Crippen LogP contribution in [0.2, 0.25) is 0 Å². The van der Waals surface area contributed by atoms with Crippen LogP contribution < -0.4 is 4.74 Å². The fraction of sp³-hybridized carbons (Fsp3) is 0.364. The number of hydrogen-bond donors (Lipinski definition) is 3. The monoisotopic (exact) mass is 226 g/mol. The van der Waals surface area contributed by atoms with Crippen LogP contribution in [0.3, 0.4) is 0 Å². The number of ether oxygens (including phenoxy) is 1. The lowest BCUT2D eigenvalue weighted by molar-refractivity contribution is -0.153. The zero-order chi connectivity index (χ0) is 12.3. The molecule has 1 aromatic carbocycles. The third kappa shape index (κ3) is 2.50. The van der Waals surface area contributed by atoms with Crippen molar-refractivity contribution in [3.8, 4) is 5.75 Å². The van der Waals surface area contributed by atoms with E-state index in [1.807, 2.05) is 0 Å². The van der Waals surface area contributed by atoms with Crippen molar-refractivity contribution in [3.63, 3.8) is 0 Å². The average molecular weight is 226 g/mol. The molecule has 0 aliphatic carbocycles. The van der Waals surface area contributed by atoms with E-state index in [9.17, 15) is 15.0 Å². The number of benzene rings is 1. The Morgan fingerprint density at radius 3 is 2.50 bits per heavy atom. The highest BCUT2D eigenvalue weighted by Gasteiger charge is 2.27. The number of aliphatic hydroxyl groups excluding tert-OH is 2. The largest absolute Gasteiger partial charge is 0.496 e. The summed E-state index contributed by atoms with van der Waals surface area (Å²) in [6, 6.07) is 4.96. The molecule has 0 spiro atoms. The van der Waals surface area contributed by atoms with Crippen LogP contribution in [-0.2, 0) is 4.79 Å². The first kappa shape index (κ1) is 12.5. The van der Waals surface area contributed by atoms with Gasteiger partial charge in [0.25, 0.3) is 0 Å². The van der Waals surface area contributed by atoms with Gasteiger partial charge in [-0.3, -0.25) is 0 Å². The summed E-state index contributed by atoms with van der Waals surface area (Å²) in [6.45, 7) is 1.79. The van der Waals surface area contributed by atoms with Gasteiger partial charge in [-0.1, -0.05) is 11.6 Å². The van der Waals surface area contributed by atoms with Crippen molar-refractivity contribution in [1.82, 2.24) is 0 Å². The van der Waals surface area contributed by atoms with E-state index in [1.54, 1.807) is 25.1 Å². The van der Waals surface area contributed by atoms with Crippen LogP contribution in [0.25, 0.3) is 0 Å². The highest BCUT2D eigenvalue weighted by atomic mass is 16.5. The maximum Gasteiger partial charge on any atom is 0.335 e. The Balaban J connectivity index is 3.10. The molecule has 2 unspecified atom stereocenters. The molecule has 0 saturated carbocycles. The van der Waals surface area contributed by atoms with E-state index in [2.05, 4.69) is 0 Å². The van der Waals surface area contributed by atoms with E-state index in [1.165, 1.54) is 7.11 Å². The molecule has 88 valence electrons. The molecular formula is C11H14O5. The van der Waals surface area contributed by atoms with E-state index in [-0.39, 0.29) is 5.56 Å². The van der Waals surface area contributed by atoms with Crippen molar-refractivity contribution in [2.24, 2.45) is 0 Å². The van der Waals surface area contributed by atoms with E-state index < -0.39 is 18.2 Å². The highest BCUT2D eigenvalue weighted by molar-refractivity contribution is 5.73. The fourth-order valence-electron chi connectivity index (χ4n) is 1.39. The van der Waals surface area contributed by atoms with Gasteiger partial charge in [0, 0.05) is 5.56 Å². The third-order valence-corrected chi connectivity index (χ3v) is 2.26. The molecule has 0 bridgehead atoms. The molecule has 0 fully saturated rings. The first-order valence-electron chi connectivity index (χ1n) is 4.71. The van der Waals surface area contributed by atoms with Crippen molar-refractivity contribution in [2.45, 2.75) is 19.1 Å². The maximum atomic E-state index is 10.5. The molecule has 1 rings (SSSR count). The quantitative estimate of drug-likeness (QED) is 0.695. The summed E-state index contributed by atoms with van der Waals surface area (Å²) in [6.07, 6.45) is -3.37. The Hall–Kier alpha value is -1.59. The van der Waals surface area contributed by atoms with Gasteiger partial charge in [0.2, 0.25) is 0 Å². The molecular weight excluding hydrogens is 212 g/mol. The van der Waals surface area contributed by atoms with Crippen molar-refractivity contribution in [2.75, 3.05) is 7.11 Å². The summed E-state index contributed by atoms with van der Waals surface area (Å²) in [5.41, 5.74) is 1.10. The predicted molar refractivity (Wildman–Crippen MR) is 56.3 cm³/mol. The van der Waals surface area contributed by atoms with Crippen LogP contribution >= 0.6 is 0 Å². The Kier molecular flexibility index (Phi) is 3.87. The second-order valence-corrected chi connectivity index (χ2v) is 3.47. The SMILES string of the molecule is COc1ccc(C)cc1C(O)C(O)C(=O)O. The van der Waals surface area contributed by atoms with Gasteiger partial charge in [-0.25, -0.2) is 4.79 Å². The molecule has 0 heterocycles. The standard InChI is InChI=1S/C11H14O5/c1-6-3-4-8(16-2)7(5-6)9(12)10(13)11(14)15/h3-5,9-10,12-13H,1-2H3,(H,14,15). The predicted octanol–water partition coefficient (Wildman–Crippen LogP) is 0.483. The molecule has 3 N–H and O–H groups in total. The second-order valence-electron chi connectivity index (χ2n) is 3.47. The number of carboxylic acid groups (broad SMARTS) is 1. The topological polar surface area (TPSA) is 87.0 Å². The fourth-order valence-corrected chi connectivity index (χ4v) is 1.39. The third-order valence-electron chi connectivity index (χ3n) is 2.26. The van der Waals surface area contributed by atoms with Gasteiger partial charge in [0.1, 0.15) is 11.9 Å². The highest BCUT2D eigenvalue weighted by Crippen LogP contribution is 2.28. The molecule has 1 aromatic rings. The van der Waals surface area contributed by atoms with Crippen molar-refractivity contribution in [3.05, 3.63) is 29.3 Å². The Morgan fingerprint density at radius 2 is 2.00 bits per heavy atom. The van der Waals surface area contributed by atoms with E-state index in [4.69, 9.17) is 9.84 Å². The number of aryl methyl sites for hydroxylation is 1. The summed E-state index contributed by atoms with van der Waals surface area (Å²) < 4.78 is 4.99. The van der Waals surface area contributed by atoms with Crippen LogP contribution in [0.1, 0.15) is 17.2 Å². The summed E-state index contributed by atoms with van der Waals surface area (Å²) in [7, 11) is 1.41. The molecule has 0 aliphatic heterocycles. The van der Waals surface area contributed by atoms with Gasteiger partial charge in [-0.2, -0.15) is 0 Å². The van der Waals surface area contributed by atoms with Gasteiger partial charge in [0.15, 0.2) is 6.10 Å². The number of methoxy groups -OCH3 is 1. The van der Waals surface area contributed by atoms with E-state index in [0.717, 1.165) is 5.56 Å². The lowest BCUT2D eigenvalue weighted by Gasteiger charge is -2.17. The van der Waals surface area contributed by atoms with Gasteiger partial charge in [0.05, 0.1) is 7.11 Å². The second kappa shape index (κ2) is 4.96. The van der Waals surface area contributed by atoms with Crippen LogP contribution in [0.15, 0.2) is 18.2 Å². The van der Waals surface area contributed by atoms with Crippen LogP contribution in [-0.4, -0.2) is 34.5 Å². The molecule has 0 radical (unpaired) electrons. The summed E-state index contributed by atoms with van der Waals surface area (Å²) in [5, 5.41) is 27.5. The zero-order valence-electron chi connectivity index (χ0n) is 9.04. The maximum absolute atomic E-state index is 10.5. The Labute approximate surface area is 92.9 Å². The normalized spacial score (nSPS) is 14.2. The number of carboxylic acids is 1. The van der Waals surface area contributed by atoms with Crippen LogP contribution in [0, 0.1) is 6.92 Å². The van der Waals surface area contributed by atoms with E-state index in [0.29, 0.717) is 5.75 Å².